The highest BCUT2D eigenvalue weighted by Gasteiger charge is 2.18. The maximum absolute atomic E-state index is 10.8. The van der Waals surface area contributed by atoms with Crippen molar-refractivity contribution in [1.29, 1.82) is 0 Å². The Labute approximate surface area is 75.8 Å². The average molecular weight is 175 g/mol. The Morgan fingerprint density at radius 2 is 2.15 bits per heavy atom. The molecule has 1 atom stereocenters. The summed E-state index contributed by atoms with van der Waals surface area (Å²) in [5.41, 5.74) is 6.08. The lowest BCUT2D eigenvalue weighted by molar-refractivity contribution is -0.122. The van der Waals surface area contributed by atoms with Crippen molar-refractivity contribution in [1.82, 2.24) is 0 Å². The van der Waals surface area contributed by atoms with E-state index in [-0.39, 0.29) is 0 Å². The van der Waals surface area contributed by atoms with Crippen molar-refractivity contribution in [3.05, 3.63) is 35.9 Å². The summed E-state index contributed by atoms with van der Waals surface area (Å²) < 4.78 is 5.33. The van der Waals surface area contributed by atoms with Crippen LogP contribution in [-0.4, -0.2) is 12.0 Å². The highest BCUT2D eigenvalue weighted by Crippen LogP contribution is 2.24. The summed E-state index contributed by atoms with van der Waals surface area (Å²) in [7, 11) is 0. The van der Waals surface area contributed by atoms with E-state index in [9.17, 15) is 4.79 Å². The van der Waals surface area contributed by atoms with Crippen LogP contribution in [0.5, 0.6) is 5.75 Å². The Kier molecular flexibility index (Phi) is 1.77. The van der Waals surface area contributed by atoms with Crippen LogP contribution in [0, 0.1) is 0 Å². The summed E-state index contributed by atoms with van der Waals surface area (Å²) in [4.78, 5) is 10.8. The average Bonchev–Trinajstić information content (AvgIpc) is 2.17. The number of primary amides is 1. The first-order valence-electron chi connectivity index (χ1n) is 4.00. The molecule has 2 N–H and O–H groups in total. The maximum atomic E-state index is 10.8. The van der Waals surface area contributed by atoms with Crippen molar-refractivity contribution in [2.75, 3.05) is 0 Å². The predicted molar refractivity (Wildman–Crippen MR) is 49.1 cm³/mol. The number of carbonyl (C=O) groups is 1. The van der Waals surface area contributed by atoms with E-state index in [1.54, 1.807) is 6.08 Å². The first-order chi connectivity index (χ1) is 6.27. The zero-order chi connectivity index (χ0) is 9.26. The quantitative estimate of drug-likeness (QED) is 0.690. The molecule has 0 saturated heterocycles. The Balaban J connectivity index is 2.34. The van der Waals surface area contributed by atoms with Crippen LogP contribution < -0.4 is 10.5 Å². The molecule has 0 aliphatic carbocycles. The van der Waals surface area contributed by atoms with Crippen LogP contribution in [0.4, 0.5) is 0 Å². The molecule has 3 nitrogen and oxygen atoms in total. The van der Waals surface area contributed by atoms with Gasteiger partial charge < -0.3 is 10.5 Å². The molecule has 1 heterocycles. The van der Waals surface area contributed by atoms with Crippen molar-refractivity contribution in [2.24, 2.45) is 5.73 Å². The van der Waals surface area contributed by atoms with Crippen LogP contribution in [0.1, 0.15) is 5.56 Å². The molecule has 2 rings (SSSR count). The minimum Gasteiger partial charge on any atom is -0.476 e. The van der Waals surface area contributed by atoms with Crippen LogP contribution in [0.25, 0.3) is 6.08 Å². The van der Waals surface area contributed by atoms with E-state index in [2.05, 4.69) is 0 Å². The number of fused-ring (bicyclic) bond motifs is 1. The van der Waals surface area contributed by atoms with Gasteiger partial charge in [-0.1, -0.05) is 24.3 Å². The van der Waals surface area contributed by atoms with E-state index in [0.717, 1.165) is 5.56 Å². The summed E-state index contributed by atoms with van der Waals surface area (Å²) in [5, 5.41) is 0. The van der Waals surface area contributed by atoms with Gasteiger partial charge in [0.15, 0.2) is 6.10 Å². The number of para-hydroxylation sites is 1. The highest BCUT2D eigenvalue weighted by molar-refractivity contribution is 5.83. The van der Waals surface area contributed by atoms with Crippen LogP contribution in [0.15, 0.2) is 30.3 Å². The van der Waals surface area contributed by atoms with Gasteiger partial charge >= 0.3 is 0 Å². The second kappa shape index (κ2) is 2.94. The van der Waals surface area contributed by atoms with Gasteiger partial charge in [-0.15, -0.1) is 0 Å². The summed E-state index contributed by atoms with van der Waals surface area (Å²) >= 11 is 0. The van der Waals surface area contributed by atoms with Gasteiger partial charge in [-0.3, -0.25) is 4.79 Å². The largest absolute Gasteiger partial charge is 0.476 e. The Morgan fingerprint density at radius 3 is 2.92 bits per heavy atom. The molecule has 1 aromatic rings. The van der Waals surface area contributed by atoms with Gasteiger partial charge in [0.25, 0.3) is 5.91 Å². The molecule has 13 heavy (non-hydrogen) atoms. The molecular formula is C10H9NO2. The van der Waals surface area contributed by atoms with Crippen molar-refractivity contribution < 1.29 is 9.53 Å². The maximum Gasteiger partial charge on any atom is 0.262 e. The van der Waals surface area contributed by atoms with Crippen LogP contribution in [-0.2, 0) is 4.79 Å². The van der Waals surface area contributed by atoms with Crippen LogP contribution in [0.2, 0.25) is 0 Å². The topological polar surface area (TPSA) is 52.3 Å². The third kappa shape index (κ3) is 1.40. The highest BCUT2D eigenvalue weighted by atomic mass is 16.5. The number of ether oxygens (including phenoxy) is 1. The molecule has 0 saturated carbocycles. The van der Waals surface area contributed by atoms with E-state index >= 15 is 0 Å². The molecule has 1 aliphatic heterocycles. The minimum atomic E-state index is -0.630. The lowest BCUT2D eigenvalue weighted by Gasteiger charge is -2.18. The summed E-state index contributed by atoms with van der Waals surface area (Å²) in [6.07, 6.45) is 2.87. The van der Waals surface area contributed by atoms with Crippen LogP contribution in [0.3, 0.4) is 0 Å². The Hall–Kier alpha value is -1.77. The normalized spacial score (nSPS) is 18.9. The first-order valence-corrected chi connectivity index (χ1v) is 4.00. The SMILES string of the molecule is NC(=O)[C@H]1C=Cc2ccccc2O1. The van der Waals surface area contributed by atoms with Gasteiger partial charge in [0.2, 0.25) is 0 Å². The fraction of sp³-hybridized carbons (Fsp3) is 0.100. The molecule has 0 unspecified atom stereocenters. The monoisotopic (exact) mass is 175 g/mol. The van der Waals surface area contributed by atoms with E-state index < -0.39 is 12.0 Å². The zero-order valence-corrected chi connectivity index (χ0v) is 6.94. The van der Waals surface area contributed by atoms with Crippen molar-refractivity contribution in [2.45, 2.75) is 6.10 Å². The fourth-order valence-electron chi connectivity index (χ4n) is 1.25. The molecule has 1 aromatic carbocycles. The molecule has 66 valence electrons. The zero-order valence-electron chi connectivity index (χ0n) is 6.94. The number of rotatable bonds is 1. The smallest absolute Gasteiger partial charge is 0.262 e. The Bertz CT molecular complexity index is 371. The third-order valence-electron chi connectivity index (χ3n) is 1.90. The number of benzene rings is 1. The van der Waals surface area contributed by atoms with Gasteiger partial charge in [-0.05, 0) is 12.1 Å². The van der Waals surface area contributed by atoms with Crippen molar-refractivity contribution >= 4 is 12.0 Å². The van der Waals surface area contributed by atoms with Gasteiger partial charge in [0.1, 0.15) is 5.75 Å². The number of amides is 1. The molecule has 3 heteroatoms. The molecule has 0 radical (unpaired) electrons. The molecule has 0 spiro atoms. The fourth-order valence-corrected chi connectivity index (χ4v) is 1.25. The van der Waals surface area contributed by atoms with E-state index in [1.165, 1.54) is 0 Å². The van der Waals surface area contributed by atoms with Crippen LogP contribution >= 0.6 is 0 Å². The summed E-state index contributed by atoms with van der Waals surface area (Å²) in [6, 6.07) is 7.50. The summed E-state index contributed by atoms with van der Waals surface area (Å²) in [5.74, 6) is 0.236. The Morgan fingerprint density at radius 1 is 1.38 bits per heavy atom. The number of nitrogens with two attached hydrogens (primary N) is 1. The molecule has 0 aromatic heterocycles. The summed E-state index contributed by atoms with van der Waals surface area (Å²) in [6.45, 7) is 0. The lowest BCUT2D eigenvalue weighted by Crippen LogP contribution is -2.33. The second-order valence-electron chi connectivity index (χ2n) is 2.84. The van der Waals surface area contributed by atoms with Gasteiger partial charge in [0, 0.05) is 5.56 Å². The predicted octanol–water partition coefficient (Wildman–Crippen LogP) is 0.946. The minimum absolute atomic E-state index is 0.467. The molecular weight excluding hydrogens is 166 g/mol. The standard InChI is InChI=1S/C10H9NO2/c11-10(12)9-6-5-7-3-1-2-4-8(7)13-9/h1-6,9H,(H2,11,12)/t9-/m1/s1. The molecule has 1 amide bonds. The van der Waals surface area contributed by atoms with Crippen molar-refractivity contribution in [3.8, 4) is 5.75 Å². The van der Waals surface area contributed by atoms with E-state index in [4.69, 9.17) is 10.5 Å². The van der Waals surface area contributed by atoms with Gasteiger partial charge in [-0.2, -0.15) is 0 Å². The number of carbonyl (C=O) groups excluding carboxylic acids is 1. The first kappa shape index (κ1) is 7.86. The second-order valence-corrected chi connectivity index (χ2v) is 2.84. The van der Waals surface area contributed by atoms with Gasteiger partial charge in [-0.25, -0.2) is 0 Å². The van der Waals surface area contributed by atoms with Crippen molar-refractivity contribution in [3.63, 3.8) is 0 Å². The molecule has 0 fully saturated rings. The molecule has 0 bridgehead atoms. The van der Waals surface area contributed by atoms with E-state index in [0.29, 0.717) is 5.75 Å². The van der Waals surface area contributed by atoms with Gasteiger partial charge in [0.05, 0.1) is 0 Å². The number of hydrogen-bond acceptors (Lipinski definition) is 2. The van der Waals surface area contributed by atoms with E-state index in [1.807, 2.05) is 30.3 Å². The lowest BCUT2D eigenvalue weighted by atomic mass is 10.1. The molecule has 1 aliphatic rings. The number of hydrogen-bond donors (Lipinski definition) is 1. The third-order valence-corrected chi connectivity index (χ3v) is 1.90.